The average molecular weight is 380 g/mol. The summed E-state index contributed by atoms with van der Waals surface area (Å²) in [7, 11) is 0. The van der Waals surface area contributed by atoms with Gasteiger partial charge in [-0.2, -0.15) is 0 Å². The summed E-state index contributed by atoms with van der Waals surface area (Å²) in [5.41, 5.74) is 3.85. The largest absolute Gasteiger partial charge is 0.463 e. The number of nitrogens with zero attached hydrogens (tertiary/aromatic N) is 3. The van der Waals surface area contributed by atoms with Crippen molar-refractivity contribution in [2.24, 2.45) is 0 Å². The van der Waals surface area contributed by atoms with Crippen molar-refractivity contribution in [1.29, 1.82) is 0 Å². The second-order valence-electron chi connectivity index (χ2n) is 6.25. The number of aromatic nitrogens is 3. The predicted octanol–water partition coefficient (Wildman–Crippen LogP) is 3.71. The first-order valence-electron chi connectivity index (χ1n) is 8.94. The van der Waals surface area contributed by atoms with Crippen LogP contribution in [0.1, 0.15) is 18.9 Å². The van der Waals surface area contributed by atoms with Crippen LogP contribution >= 0.6 is 11.8 Å². The van der Waals surface area contributed by atoms with Gasteiger partial charge in [-0.15, -0.1) is 10.2 Å². The zero-order valence-corrected chi connectivity index (χ0v) is 15.8. The lowest BCUT2D eigenvalue weighted by Crippen LogP contribution is -2.33. The predicted molar refractivity (Wildman–Crippen MR) is 106 cm³/mol. The molecule has 0 aliphatic carbocycles. The lowest BCUT2D eigenvalue weighted by Gasteiger charge is -2.14. The van der Waals surface area contributed by atoms with Crippen LogP contribution in [0, 0.1) is 0 Å². The summed E-state index contributed by atoms with van der Waals surface area (Å²) < 4.78 is 7.41. The van der Waals surface area contributed by atoms with E-state index in [0.717, 1.165) is 28.1 Å². The lowest BCUT2D eigenvalue weighted by molar-refractivity contribution is -0.120. The second-order valence-corrected chi connectivity index (χ2v) is 7.44. The molecule has 0 fully saturated rings. The van der Waals surface area contributed by atoms with Crippen molar-refractivity contribution < 1.29 is 9.21 Å². The minimum Gasteiger partial charge on any atom is -0.463 e. The van der Waals surface area contributed by atoms with Gasteiger partial charge in [-0.3, -0.25) is 9.20 Å². The van der Waals surface area contributed by atoms with Crippen molar-refractivity contribution in [1.82, 2.24) is 19.9 Å². The van der Waals surface area contributed by atoms with E-state index in [1.165, 1.54) is 17.3 Å². The van der Waals surface area contributed by atoms with Crippen molar-refractivity contribution in [2.45, 2.75) is 30.0 Å². The van der Waals surface area contributed by atoms with Gasteiger partial charge in [0.25, 0.3) is 0 Å². The molecule has 1 atom stereocenters. The van der Waals surface area contributed by atoms with E-state index < -0.39 is 0 Å². The Morgan fingerprint density at radius 2 is 2.11 bits per heavy atom. The molecular formula is C20H20N4O2S. The van der Waals surface area contributed by atoms with E-state index in [-0.39, 0.29) is 11.2 Å². The normalized spacial score (nSPS) is 12.5. The van der Waals surface area contributed by atoms with Crippen LogP contribution in [-0.4, -0.2) is 32.3 Å². The van der Waals surface area contributed by atoms with Crippen LogP contribution < -0.4 is 5.32 Å². The number of thioether (sulfide) groups is 1. The molecule has 1 N–H and O–H groups in total. The van der Waals surface area contributed by atoms with Crippen molar-refractivity contribution in [3.8, 4) is 0 Å². The van der Waals surface area contributed by atoms with Gasteiger partial charge in [0.05, 0.1) is 22.5 Å². The van der Waals surface area contributed by atoms with E-state index in [1.54, 1.807) is 12.6 Å². The molecule has 0 aliphatic heterocycles. The fourth-order valence-electron chi connectivity index (χ4n) is 3.04. The van der Waals surface area contributed by atoms with Crippen molar-refractivity contribution in [2.75, 3.05) is 6.54 Å². The first kappa shape index (κ1) is 17.6. The first-order chi connectivity index (χ1) is 13.3. The van der Waals surface area contributed by atoms with Gasteiger partial charge in [0.15, 0.2) is 5.58 Å². The van der Waals surface area contributed by atoms with Crippen molar-refractivity contribution in [3.63, 3.8) is 0 Å². The maximum atomic E-state index is 12.6. The molecule has 138 valence electrons. The van der Waals surface area contributed by atoms with Gasteiger partial charge in [0.1, 0.15) is 11.4 Å². The molecule has 4 rings (SSSR count). The highest BCUT2D eigenvalue weighted by molar-refractivity contribution is 8.00. The SMILES string of the molecule is CC[C@H](Sc1nncn2c1cc1occc12)C(=O)NCCc1ccccc1. The zero-order valence-electron chi connectivity index (χ0n) is 15.0. The van der Waals surface area contributed by atoms with Crippen LogP contribution in [0.3, 0.4) is 0 Å². The van der Waals surface area contributed by atoms with Crippen molar-refractivity contribution in [3.05, 3.63) is 60.6 Å². The number of carbonyl (C=O) groups is 1. The Morgan fingerprint density at radius 3 is 2.93 bits per heavy atom. The summed E-state index contributed by atoms with van der Waals surface area (Å²) in [6, 6.07) is 14.0. The lowest BCUT2D eigenvalue weighted by atomic mass is 10.1. The molecule has 27 heavy (non-hydrogen) atoms. The number of carbonyl (C=O) groups excluding carboxylic acids is 1. The van der Waals surface area contributed by atoms with Crippen LogP contribution in [0.25, 0.3) is 16.6 Å². The maximum absolute atomic E-state index is 12.6. The second kappa shape index (κ2) is 7.84. The highest BCUT2D eigenvalue weighted by Crippen LogP contribution is 2.30. The highest BCUT2D eigenvalue weighted by Gasteiger charge is 2.21. The number of fused-ring (bicyclic) bond motifs is 3. The Hall–Kier alpha value is -2.80. The third-order valence-corrected chi connectivity index (χ3v) is 5.81. The zero-order chi connectivity index (χ0) is 18.6. The number of hydrogen-bond acceptors (Lipinski definition) is 5. The summed E-state index contributed by atoms with van der Waals surface area (Å²) in [6.07, 6.45) is 4.84. The topological polar surface area (TPSA) is 72.4 Å². The Labute approximate surface area is 161 Å². The summed E-state index contributed by atoms with van der Waals surface area (Å²) in [4.78, 5) is 12.6. The minimum absolute atomic E-state index is 0.0254. The molecule has 0 unspecified atom stereocenters. The van der Waals surface area contributed by atoms with Gasteiger partial charge >= 0.3 is 0 Å². The highest BCUT2D eigenvalue weighted by atomic mass is 32.2. The summed E-state index contributed by atoms with van der Waals surface area (Å²) >= 11 is 1.44. The van der Waals surface area contributed by atoms with E-state index in [0.29, 0.717) is 13.0 Å². The Morgan fingerprint density at radius 1 is 1.26 bits per heavy atom. The van der Waals surface area contributed by atoms with Gasteiger partial charge in [0, 0.05) is 18.7 Å². The van der Waals surface area contributed by atoms with Gasteiger partial charge in [-0.25, -0.2) is 0 Å². The molecule has 1 aromatic carbocycles. The van der Waals surface area contributed by atoms with Gasteiger partial charge in [0.2, 0.25) is 5.91 Å². The molecule has 1 amide bonds. The molecule has 0 saturated heterocycles. The fourth-order valence-corrected chi connectivity index (χ4v) is 4.04. The molecule has 7 heteroatoms. The standard InChI is InChI=1S/C20H20N4O2S/c1-2-18(19(25)21-10-8-14-6-4-3-5-7-14)27-20-16-12-17-15(9-11-26-17)24(16)13-22-23-20/h3-7,9,11-13,18H,2,8,10H2,1H3,(H,21,25)/t18-/m0/s1. The van der Waals surface area contributed by atoms with Crippen LogP contribution in [0.2, 0.25) is 0 Å². The number of furan rings is 1. The van der Waals surface area contributed by atoms with Crippen LogP contribution in [0.15, 0.2) is 64.5 Å². The Kier molecular flexibility index (Phi) is 5.11. The van der Waals surface area contributed by atoms with E-state index in [1.807, 2.05) is 41.7 Å². The third-order valence-electron chi connectivity index (χ3n) is 4.47. The number of benzene rings is 1. The third kappa shape index (κ3) is 3.68. The van der Waals surface area contributed by atoms with Gasteiger partial charge < -0.3 is 9.73 Å². The van der Waals surface area contributed by atoms with E-state index in [9.17, 15) is 4.79 Å². The molecule has 0 spiro atoms. The molecule has 0 bridgehead atoms. The molecule has 0 aliphatic rings. The molecular weight excluding hydrogens is 360 g/mol. The van der Waals surface area contributed by atoms with Crippen LogP contribution in [0.4, 0.5) is 0 Å². The summed E-state index contributed by atoms with van der Waals surface area (Å²) in [5.74, 6) is 0.0254. The average Bonchev–Trinajstić information content (AvgIpc) is 3.29. The van der Waals surface area contributed by atoms with Crippen LogP contribution in [0.5, 0.6) is 0 Å². The first-order valence-corrected chi connectivity index (χ1v) is 9.82. The number of nitrogens with one attached hydrogen (secondary N) is 1. The number of rotatable bonds is 7. The van der Waals surface area contributed by atoms with Crippen LogP contribution in [-0.2, 0) is 11.2 Å². The molecule has 3 aromatic heterocycles. The Bertz CT molecular complexity index is 1060. The summed E-state index contributed by atoms with van der Waals surface area (Å²) in [6.45, 7) is 2.62. The number of amides is 1. The molecule has 6 nitrogen and oxygen atoms in total. The molecule has 4 aromatic rings. The minimum atomic E-state index is -0.220. The number of hydrogen-bond donors (Lipinski definition) is 1. The maximum Gasteiger partial charge on any atom is 0.233 e. The van der Waals surface area contributed by atoms with E-state index in [2.05, 4.69) is 27.6 Å². The molecule has 3 heterocycles. The Balaban J connectivity index is 1.45. The molecule has 0 saturated carbocycles. The van der Waals surface area contributed by atoms with E-state index >= 15 is 0 Å². The molecule has 0 radical (unpaired) electrons. The van der Waals surface area contributed by atoms with Gasteiger partial charge in [-0.05, 0) is 18.4 Å². The van der Waals surface area contributed by atoms with Crippen molar-refractivity contribution >= 4 is 34.3 Å². The van der Waals surface area contributed by atoms with E-state index in [4.69, 9.17) is 4.42 Å². The quantitative estimate of drug-likeness (QED) is 0.495. The smallest absolute Gasteiger partial charge is 0.233 e. The summed E-state index contributed by atoms with van der Waals surface area (Å²) in [5, 5.41) is 11.9. The monoisotopic (exact) mass is 380 g/mol. The van der Waals surface area contributed by atoms with Gasteiger partial charge in [-0.1, -0.05) is 49.0 Å². The fraction of sp³-hybridized carbons (Fsp3) is 0.250.